The molecule has 1 aromatic rings. The van der Waals surface area contributed by atoms with Crippen molar-refractivity contribution in [3.63, 3.8) is 0 Å². The fourth-order valence-corrected chi connectivity index (χ4v) is 1.34. The van der Waals surface area contributed by atoms with Crippen molar-refractivity contribution in [2.75, 3.05) is 18.4 Å². The van der Waals surface area contributed by atoms with Crippen LogP contribution in [0.1, 0.15) is 18.9 Å². The summed E-state index contributed by atoms with van der Waals surface area (Å²) in [7, 11) is 0. The van der Waals surface area contributed by atoms with E-state index in [-0.39, 0.29) is 0 Å². The number of benzene rings is 1. The Bertz CT molecular complexity index is 271. The number of anilines is 1. The number of hydrogen-bond donors (Lipinski definition) is 2. The maximum atomic E-state index is 5.55. The highest BCUT2D eigenvalue weighted by molar-refractivity contribution is 5.45. The molecule has 0 saturated carbocycles. The molecule has 1 atom stereocenters. The summed E-state index contributed by atoms with van der Waals surface area (Å²) in [5.74, 6) is 0.604. The first-order chi connectivity index (χ1) is 6.72. The number of hydrogen-bond acceptors (Lipinski definition) is 2. The Morgan fingerprint density at radius 2 is 2.21 bits per heavy atom. The van der Waals surface area contributed by atoms with Crippen LogP contribution in [0.2, 0.25) is 0 Å². The van der Waals surface area contributed by atoms with Crippen molar-refractivity contribution in [2.45, 2.75) is 20.3 Å². The molecular formula is C12H20N2. The highest BCUT2D eigenvalue weighted by atomic mass is 14.9. The van der Waals surface area contributed by atoms with Crippen molar-refractivity contribution < 1.29 is 0 Å². The van der Waals surface area contributed by atoms with Gasteiger partial charge in [-0.2, -0.15) is 0 Å². The monoisotopic (exact) mass is 192 g/mol. The molecular weight excluding hydrogens is 172 g/mol. The summed E-state index contributed by atoms with van der Waals surface area (Å²) in [4.78, 5) is 0. The molecule has 0 spiro atoms. The van der Waals surface area contributed by atoms with E-state index in [1.54, 1.807) is 0 Å². The number of nitrogens with two attached hydrogens (primary N) is 1. The topological polar surface area (TPSA) is 38.0 Å². The van der Waals surface area contributed by atoms with Gasteiger partial charge in [0, 0.05) is 12.2 Å². The smallest absolute Gasteiger partial charge is 0.0342 e. The Morgan fingerprint density at radius 1 is 1.43 bits per heavy atom. The van der Waals surface area contributed by atoms with Gasteiger partial charge in [0.15, 0.2) is 0 Å². The van der Waals surface area contributed by atoms with Gasteiger partial charge >= 0.3 is 0 Å². The van der Waals surface area contributed by atoms with E-state index in [1.165, 1.54) is 11.3 Å². The first-order valence-electron chi connectivity index (χ1n) is 5.23. The van der Waals surface area contributed by atoms with Crippen LogP contribution in [-0.2, 0) is 0 Å². The van der Waals surface area contributed by atoms with Gasteiger partial charge in [-0.15, -0.1) is 0 Å². The third-order valence-corrected chi connectivity index (χ3v) is 2.39. The van der Waals surface area contributed by atoms with Crippen LogP contribution in [0.15, 0.2) is 24.3 Å². The van der Waals surface area contributed by atoms with E-state index in [2.05, 4.69) is 43.4 Å². The number of rotatable bonds is 5. The van der Waals surface area contributed by atoms with Crippen LogP contribution in [-0.4, -0.2) is 13.1 Å². The molecule has 2 nitrogen and oxygen atoms in total. The van der Waals surface area contributed by atoms with Gasteiger partial charge in [0.2, 0.25) is 0 Å². The van der Waals surface area contributed by atoms with Gasteiger partial charge in [0.25, 0.3) is 0 Å². The minimum absolute atomic E-state index is 0.604. The second kappa shape index (κ2) is 5.66. The minimum atomic E-state index is 0.604. The fraction of sp³-hybridized carbons (Fsp3) is 0.500. The summed E-state index contributed by atoms with van der Waals surface area (Å²) in [6.45, 7) is 6.06. The molecule has 0 fully saturated rings. The molecule has 2 heteroatoms. The lowest BCUT2D eigenvalue weighted by Gasteiger charge is -2.10. The van der Waals surface area contributed by atoms with Gasteiger partial charge in [0.1, 0.15) is 0 Å². The van der Waals surface area contributed by atoms with E-state index < -0.39 is 0 Å². The molecule has 0 aromatic heterocycles. The summed E-state index contributed by atoms with van der Waals surface area (Å²) in [6.07, 6.45) is 1.13. The van der Waals surface area contributed by atoms with Gasteiger partial charge in [-0.1, -0.05) is 19.1 Å². The molecule has 0 amide bonds. The molecule has 78 valence electrons. The van der Waals surface area contributed by atoms with Crippen LogP contribution >= 0.6 is 0 Å². The average molecular weight is 192 g/mol. The second-order valence-corrected chi connectivity index (χ2v) is 3.93. The maximum absolute atomic E-state index is 5.55. The largest absolute Gasteiger partial charge is 0.385 e. The van der Waals surface area contributed by atoms with Crippen LogP contribution < -0.4 is 11.1 Å². The van der Waals surface area contributed by atoms with Crippen molar-refractivity contribution in [2.24, 2.45) is 11.7 Å². The van der Waals surface area contributed by atoms with Gasteiger partial charge in [0.05, 0.1) is 0 Å². The summed E-state index contributed by atoms with van der Waals surface area (Å²) in [5, 5.41) is 3.40. The Balaban J connectivity index is 2.31. The van der Waals surface area contributed by atoms with Crippen LogP contribution in [0, 0.1) is 12.8 Å². The Morgan fingerprint density at radius 3 is 2.86 bits per heavy atom. The van der Waals surface area contributed by atoms with Crippen molar-refractivity contribution in [3.05, 3.63) is 29.8 Å². The van der Waals surface area contributed by atoms with Crippen molar-refractivity contribution in [1.82, 2.24) is 0 Å². The predicted molar refractivity (Wildman–Crippen MR) is 62.5 cm³/mol. The maximum Gasteiger partial charge on any atom is 0.0342 e. The average Bonchev–Trinajstić information content (AvgIpc) is 2.17. The molecule has 3 N–H and O–H groups in total. The Kier molecular flexibility index (Phi) is 4.47. The van der Waals surface area contributed by atoms with Gasteiger partial charge in [-0.25, -0.2) is 0 Å². The van der Waals surface area contributed by atoms with E-state index >= 15 is 0 Å². The SMILES string of the molecule is Cc1cccc(NCCC(C)CN)c1. The van der Waals surface area contributed by atoms with Gasteiger partial charge < -0.3 is 11.1 Å². The summed E-state index contributed by atoms with van der Waals surface area (Å²) in [6, 6.07) is 8.44. The molecule has 0 saturated heterocycles. The quantitative estimate of drug-likeness (QED) is 0.751. The fourth-order valence-electron chi connectivity index (χ4n) is 1.34. The first-order valence-corrected chi connectivity index (χ1v) is 5.23. The van der Waals surface area contributed by atoms with E-state index in [4.69, 9.17) is 5.73 Å². The van der Waals surface area contributed by atoms with E-state index in [1.807, 2.05) is 0 Å². The van der Waals surface area contributed by atoms with E-state index in [9.17, 15) is 0 Å². The standard InChI is InChI=1S/C12H20N2/c1-10-4-3-5-12(8-10)14-7-6-11(2)9-13/h3-5,8,11,14H,6-7,9,13H2,1-2H3. The van der Waals surface area contributed by atoms with Crippen LogP contribution in [0.4, 0.5) is 5.69 Å². The molecule has 0 aliphatic carbocycles. The highest BCUT2D eigenvalue weighted by Gasteiger charge is 1.98. The van der Waals surface area contributed by atoms with Gasteiger partial charge in [-0.3, -0.25) is 0 Å². The molecule has 1 rings (SSSR count). The molecule has 1 aromatic carbocycles. The normalized spacial score (nSPS) is 12.5. The van der Waals surface area contributed by atoms with Crippen molar-refractivity contribution >= 4 is 5.69 Å². The zero-order valence-electron chi connectivity index (χ0n) is 9.09. The van der Waals surface area contributed by atoms with Crippen LogP contribution in [0.25, 0.3) is 0 Å². The highest BCUT2D eigenvalue weighted by Crippen LogP contribution is 2.10. The Hall–Kier alpha value is -1.02. The third kappa shape index (κ3) is 3.79. The lowest BCUT2D eigenvalue weighted by atomic mass is 10.1. The van der Waals surface area contributed by atoms with Crippen LogP contribution in [0.3, 0.4) is 0 Å². The second-order valence-electron chi connectivity index (χ2n) is 3.93. The molecule has 14 heavy (non-hydrogen) atoms. The van der Waals surface area contributed by atoms with Crippen molar-refractivity contribution in [1.29, 1.82) is 0 Å². The minimum Gasteiger partial charge on any atom is -0.385 e. The summed E-state index contributed by atoms with van der Waals surface area (Å²) in [5.41, 5.74) is 8.04. The lowest BCUT2D eigenvalue weighted by Crippen LogP contribution is -2.14. The molecule has 0 radical (unpaired) electrons. The van der Waals surface area contributed by atoms with Gasteiger partial charge in [-0.05, 0) is 43.5 Å². The lowest BCUT2D eigenvalue weighted by molar-refractivity contribution is 0.561. The van der Waals surface area contributed by atoms with E-state index in [0.717, 1.165) is 19.5 Å². The Labute approximate surface area is 86.5 Å². The molecule has 0 aliphatic heterocycles. The molecule has 1 unspecified atom stereocenters. The third-order valence-electron chi connectivity index (χ3n) is 2.39. The number of aryl methyl sites for hydroxylation is 1. The summed E-state index contributed by atoms with van der Waals surface area (Å²) >= 11 is 0. The molecule has 0 heterocycles. The zero-order chi connectivity index (χ0) is 10.4. The predicted octanol–water partition coefficient (Wildman–Crippen LogP) is 2.39. The first kappa shape index (κ1) is 11.1. The zero-order valence-corrected chi connectivity index (χ0v) is 9.09. The number of nitrogens with one attached hydrogen (secondary N) is 1. The molecule has 0 aliphatic rings. The molecule has 0 bridgehead atoms. The van der Waals surface area contributed by atoms with E-state index in [0.29, 0.717) is 5.92 Å². The van der Waals surface area contributed by atoms with Crippen molar-refractivity contribution in [3.8, 4) is 0 Å². The summed E-state index contributed by atoms with van der Waals surface area (Å²) < 4.78 is 0. The van der Waals surface area contributed by atoms with Crippen LogP contribution in [0.5, 0.6) is 0 Å².